The molecule has 0 bridgehead atoms. The molecule has 1 aromatic rings. The number of hydrogen-bond donors (Lipinski definition) is 2. The van der Waals surface area contributed by atoms with E-state index in [9.17, 15) is 13.2 Å². The van der Waals surface area contributed by atoms with Gasteiger partial charge in [0, 0.05) is 29.9 Å². The van der Waals surface area contributed by atoms with Crippen LogP contribution in [0, 0.1) is 0 Å². The highest BCUT2D eigenvalue weighted by Crippen LogP contribution is 2.24. The topological polar surface area (TPSA) is 92.5 Å². The fraction of sp³-hybridized carbons (Fsp3) is 0.462. The maximum Gasteiger partial charge on any atom is 0.235 e. The van der Waals surface area contributed by atoms with Gasteiger partial charge in [0.25, 0.3) is 0 Å². The molecule has 0 saturated heterocycles. The van der Waals surface area contributed by atoms with Gasteiger partial charge in [-0.25, -0.2) is 8.42 Å². The molecule has 0 radical (unpaired) electrons. The van der Waals surface area contributed by atoms with Gasteiger partial charge in [-0.2, -0.15) is 4.31 Å². The number of benzene rings is 1. The van der Waals surface area contributed by atoms with Crippen molar-refractivity contribution in [1.82, 2.24) is 9.62 Å². The molecule has 8 heteroatoms. The van der Waals surface area contributed by atoms with Crippen molar-refractivity contribution in [3.05, 3.63) is 24.3 Å². The third-order valence-electron chi connectivity index (χ3n) is 2.73. The van der Waals surface area contributed by atoms with Gasteiger partial charge < -0.3 is 11.1 Å². The van der Waals surface area contributed by atoms with Crippen LogP contribution in [0.15, 0.2) is 29.2 Å². The predicted octanol–water partition coefficient (Wildman–Crippen LogP) is 0.759. The van der Waals surface area contributed by atoms with Gasteiger partial charge in [0.2, 0.25) is 15.9 Å². The molecule has 6 nitrogen and oxygen atoms in total. The number of para-hydroxylation sites is 1. The molecule has 0 aromatic heterocycles. The van der Waals surface area contributed by atoms with Crippen molar-refractivity contribution in [2.45, 2.75) is 11.8 Å². The van der Waals surface area contributed by atoms with Gasteiger partial charge in [0.05, 0.1) is 12.3 Å². The number of anilines is 1. The first-order valence-corrected chi connectivity index (χ1v) is 9.14. The van der Waals surface area contributed by atoms with E-state index < -0.39 is 10.0 Å². The Morgan fingerprint density at radius 1 is 1.38 bits per heavy atom. The molecule has 0 aliphatic carbocycles. The highest BCUT2D eigenvalue weighted by molar-refractivity contribution is 8.00. The Hall–Kier alpha value is -1.25. The Morgan fingerprint density at radius 3 is 2.67 bits per heavy atom. The van der Waals surface area contributed by atoms with Crippen LogP contribution >= 0.6 is 11.8 Å². The van der Waals surface area contributed by atoms with E-state index >= 15 is 0 Å². The number of likely N-dealkylation sites (N-methyl/N-ethyl adjacent to an activating group) is 2. The van der Waals surface area contributed by atoms with Crippen molar-refractivity contribution in [2.24, 2.45) is 0 Å². The van der Waals surface area contributed by atoms with E-state index in [-0.39, 0.29) is 18.2 Å². The van der Waals surface area contributed by atoms with Crippen molar-refractivity contribution in [3.63, 3.8) is 0 Å². The van der Waals surface area contributed by atoms with Gasteiger partial charge in [-0.05, 0) is 19.1 Å². The average Bonchev–Trinajstić information content (AvgIpc) is 2.41. The maximum atomic E-state index is 12.0. The second-order valence-corrected chi connectivity index (χ2v) is 7.74. The highest BCUT2D eigenvalue weighted by atomic mass is 32.2. The lowest BCUT2D eigenvalue weighted by atomic mass is 10.3. The quantitative estimate of drug-likeness (QED) is 0.542. The minimum absolute atomic E-state index is 0.0398. The van der Waals surface area contributed by atoms with Crippen molar-refractivity contribution in [1.29, 1.82) is 0 Å². The molecule has 3 N–H and O–H groups in total. The Balaban J connectivity index is 2.49. The summed E-state index contributed by atoms with van der Waals surface area (Å²) in [6, 6.07) is 7.31. The van der Waals surface area contributed by atoms with Gasteiger partial charge in [0.15, 0.2) is 0 Å². The summed E-state index contributed by atoms with van der Waals surface area (Å²) < 4.78 is 25.2. The minimum atomic E-state index is -3.45. The van der Waals surface area contributed by atoms with E-state index in [4.69, 9.17) is 5.73 Å². The lowest BCUT2D eigenvalue weighted by molar-refractivity contribution is -0.121. The summed E-state index contributed by atoms with van der Waals surface area (Å²) in [7, 11) is -2.04. The second-order valence-electron chi connectivity index (χ2n) is 4.41. The standard InChI is InChI=1S/C13H21N3O3S2/c1-3-15-13(17)10-16(2)21(18,19)9-8-20-12-7-5-4-6-11(12)14/h4-7H,3,8-10,14H2,1-2H3,(H,15,17). The largest absolute Gasteiger partial charge is 0.398 e. The average molecular weight is 331 g/mol. The summed E-state index contributed by atoms with van der Waals surface area (Å²) in [4.78, 5) is 12.3. The fourth-order valence-corrected chi connectivity index (χ4v) is 4.01. The van der Waals surface area contributed by atoms with E-state index in [1.807, 2.05) is 18.2 Å². The molecule has 0 spiro atoms. The van der Waals surface area contributed by atoms with Gasteiger partial charge in [-0.15, -0.1) is 11.8 Å². The zero-order chi connectivity index (χ0) is 15.9. The third-order valence-corrected chi connectivity index (χ3v) is 5.88. The Morgan fingerprint density at radius 2 is 2.05 bits per heavy atom. The van der Waals surface area contributed by atoms with Crippen LogP contribution in [-0.2, 0) is 14.8 Å². The zero-order valence-corrected chi connectivity index (χ0v) is 13.8. The van der Waals surface area contributed by atoms with E-state index in [1.54, 1.807) is 13.0 Å². The number of sulfonamides is 1. The molecule has 0 aliphatic heterocycles. The number of nitrogens with zero attached hydrogens (tertiary/aromatic N) is 1. The molecule has 0 heterocycles. The molecule has 1 amide bonds. The van der Waals surface area contributed by atoms with Crippen LogP contribution in [0.3, 0.4) is 0 Å². The first-order chi connectivity index (χ1) is 9.86. The fourth-order valence-electron chi connectivity index (χ4n) is 1.58. The third kappa shape index (κ3) is 5.94. The van der Waals surface area contributed by atoms with Gasteiger partial charge in [-0.1, -0.05) is 12.1 Å². The summed E-state index contributed by atoms with van der Waals surface area (Å²) in [6.45, 7) is 2.11. The zero-order valence-electron chi connectivity index (χ0n) is 12.2. The summed E-state index contributed by atoms with van der Waals surface area (Å²) in [5.41, 5.74) is 6.43. The molecular formula is C13H21N3O3S2. The number of nitrogens with two attached hydrogens (primary N) is 1. The van der Waals surface area contributed by atoms with E-state index in [2.05, 4.69) is 5.32 Å². The summed E-state index contributed by atoms with van der Waals surface area (Å²) in [5.74, 6) is 0.0431. The van der Waals surface area contributed by atoms with E-state index in [0.29, 0.717) is 18.0 Å². The monoisotopic (exact) mass is 331 g/mol. The molecule has 0 atom stereocenters. The number of hydrogen-bond acceptors (Lipinski definition) is 5. The minimum Gasteiger partial charge on any atom is -0.398 e. The molecule has 0 aliphatic rings. The number of thioether (sulfide) groups is 1. The van der Waals surface area contributed by atoms with Crippen LogP contribution in [0.5, 0.6) is 0 Å². The predicted molar refractivity (Wildman–Crippen MR) is 86.7 cm³/mol. The molecule has 0 saturated carbocycles. The van der Waals surface area contributed by atoms with Crippen LogP contribution in [0.2, 0.25) is 0 Å². The normalized spacial score (nSPS) is 11.6. The summed E-state index contributed by atoms with van der Waals surface area (Å²) in [5, 5.41) is 2.57. The van der Waals surface area contributed by atoms with Crippen molar-refractivity contribution < 1.29 is 13.2 Å². The van der Waals surface area contributed by atoms with Crippen molar-refractivity contribution >= 4 is 33.4 Å². The molecule has 1 rings (SSSR count). The van der Waals surface area contributed by atoms with Gasteiger partial charge in [0.1, 0.15) is 0 Å². The number of carbonyl (C=O) groups is 1. The smallest absolute Gasteiger partial charge is 0.235 e. The van der Waals surface area contributed by atoms with Crippen LogP contribution in [0.25, 0.3) is 0 Å². The van der Waals surface area contributed by atoms with Gasteiger partial charge >= 0.3 is 0 Å². The molecule has 0 unspecified atom stereocenters. The number of nitrogens with one attached hydrogen (secondary N) is 1. The Kier molecular flexibility index (Phi) is 7.00. The number of amides is 1. The second kappa shape index (κ2) is 8.26. The Labute approximate surface area is 130 Å². The lowest BCUT2D eigenvalue weighted by Gasteiger charge is -2.16. The van der Waals surface area contributed by atoms with E-state index in [1.165, 1.54) is 18.8 Å². The van der Waals surface area contributed by atoms with Crippen LogP contribution < -0.4 is 11.1 Å². The first-order valence-electron chi connectivity index (χ1n) is 6.55. The molecule has 0 fully saturated rings. The SMILES string of the molecule is CCNC(=O)CN(C)S(=O)(=O)CCSc1ccccc1N. The summed E-state index contributed by atoms with van der Waals surface area (Å²) in [6.07, 6.45) is 0. The molecule has 1 aromatic carbocycles. The summed E-state index contributed by atoms with van der Waals surface area (Å²) >= 11 is 1.39. The lowest BCUT2D eigenvalue weighted by Crippen LogP contribution is -2.39. The van der Waals surface area contributed by atoms with E-state index in [0.717, 1.165) is 9.20 Å². The number of rotatable bonds is 8. The number of nitrogen functional groups attached to an aromatic ring is 1. The van der Waals surface area contributed by atoms with Crippen LogP contribution in [0.1, 0.15) is 6.92 Å². The number of carbonyl (C=O) groups excluding carboxylic acids is 1. The van der Waals surface area contributed by atoms with Crippen LogP contribution in [-0.4, -0.2) is 50.3 Å². The highest BCUT2D eigenvalue weighted by Gasteiger charge is 2.20. The van der Waals surface area contributed by atoms with Gasteiger partial charge in [-0.3, -0.25) is 4.79 Å². The molecule has 21 heavy (non-hydrogen) atoms. The first kappa shape index (κ1) is 17.8. The molecule has 118 valence electrons. The van der Waals surface area contributed by atoms with Crippen molar-refractivity contribution in [2.75, 3.05) is 37.4 Å². The van der Waals surface area contributed by atoms with Crippen molar-refractivity contribution in [3.8, 4) is 0 Å². The maximum absolute atomic E-state index is 12.0. The van der Waals surface area contributed by atoms with Crippen LogP contribution in [0.4, 0.5) is 5.69 Å². The molecular weight excluding hydrogens is 310 g/mol. The Bertz CT molecular complexity index is 576.